The number of thioether (sulfide) groups is 1. The zero-order chi connectivity index (χ0) is 13.8. The maximum Gasteiger partial charge on any atom is 0.243 e. The molecule has 102 valence electrons. The van der Waals surface area contributed by atoms with Crippen LogP contribution in [0.15, 0.2) is 27.6 Å². The standard InChI is InChI=1S/C11H17BrN2O2S2/c1-14(6-3-7-17-2)18(15,16)11-5-4-9(13)8-10(11)12/h4-5,8H,3,6-7,13H2,1-2H3. The molecule has 0 aliphatic rings. The van der Waals surface area contributed by atoms with Crippen LogP contribution < -0.4 is 5.73 Å². The van der Waals surface area contributed by atoms with Gasteiger partial charge in [0.25, 0.3) is 0 Å². The molecule has 0 aliphatic heterocycles. The normalized spacial score (nSPS) is 12.0. The second-order valence-electron chi connectivity index (χ2n) is 3.86. The van der Waals surface area contributed by atoms with Gasteiger partial charge in [-0.1, -0.05) is 0 Å². The van der Waals surface area contributed by atoms with Crippen LogP contribution in [0.2, 0.25) is 0 Å². The van der Waals surface area contributed by atoms with Gasteiger partial charge in [-0.2, -0.15) is 11.8 Å². The number of nitrogens with zero attached hydrogens (tertiary/aromatic N) is 1. The monoisotopic (exact) mass is 352 g/mol. The summed E-state index contributed by atoms with van der Waals surface area (Å²) in [7, 11) is -1.85. The summed E-state index contributed by atoms with van der Waals surface area (Å²) < 4.78 is 26.5. The molecule has 1 aromatic carbocycles. The summed E-state index contributed by atoms with van der Waals surface area (Å²) in [4.78, 5) is 0.253. The number of rotatable bonds is 6. The van der Waals surface area contributed by atoms with Crippen LogP contribution >= 0.6 is 27.7 Å². The molecule has 0 fully saturated rings. The first-order chi connectivity index (χ1) is 8.39. The number of nitrogen functional groups attached to an aromatic ring is 1. The predicted octanol–water partition coefficient (Wildman–Crippen LogP) is 2.40. The van der Waals surface area contributed by atoms with E-state index >= 15 is 0 Å². The molecule has 0 aliphatic carbocycles. The maximum absolute atomic E-state index is 12.3. The minimum Gasteiger partial charge on any atom is -0.399 e. The zero-order valence-corrected chi connectivity index (χ0v) is 13.6. The third kappa shape index (κ3) is 3.88. The van der Waals surface area contributed by atoms with Gasteiger partial charge in [0.1, 0.15) is 0 Å². The Morgan fingerprint density at radius 1 is 1.44 bits per heavy atom. The molecule has 0 aromatic heterocycles. The van der Waals surface area contributed by atoms with E-state index in [0.29, 0.717) is 16.7 Å². The van der Waals surface area contributed by atoms with Crippen LogP contribution in [0.5, 0.6) is 0 Å². The van der Waals surface area contributed by atoms with Gasteiger partial charge in [-0.05, 0) is 52.6 Å². The summed E-state index contributed by atoms with van der Waals surface area (Å²) in [6.07, 6.45) is 2.84. The van der Waals surface area contributed by atoms with E-state index in [2.05, 4.69) is 15.9 Å². The molecule has 0 amide bonds. The highest BCUT2D eigenvalue weighted by atomic mass is 79.9. The smallest absolute Gasteiger partial charge is 0.243 e. The average Bonchev–Trinajstić information content (AvgIpc) is 2.28. The molecule has 18 heavy (non-hydrogen) atoms. The second-order valence-corrected chi connectivity index (χ2v) is 7.72. The van der Waals surface area contributed by atoms with E-state index in [0.717, 1.165) is 12.2 Å². The SMILES string of the molecule is CSCCCN(C)S(=O)(=O)c1ccc(N)cc1Br. The molecule has 0 saturated heterocycles. The molecule has 0 radical (unpaired) electrons. The Hall–Kier alpha value is -0.240. The van der Waals surface area contributed by atoms with E-state index in [-0.39, 0.29) is 4.90 Å². The molecule has 0 bridgehead atoms. The van der Waals surface area contributed by atoms with Gasteiger partial charge in [-0.3, -0.25) is 0 Å². The number of anilines is 1. The van der Waals surface area contributed by atoms with Crippen molar-refractivity contribution >= 4 is 43.4 Å². The van der Waals surface area contributed by atoms with E-state index in [1.807, 2.05) is 6.26 Å². The lowest BCUT2D eigenvalue weighted by Crippen LogP contribution is -2.28. The number of sulfonamides is 1. The van der Waals surface area contributed by atoms with Gasteiger partial charge in [0.15, 0.2) is 0 Å². The summed E-state index contributed by atoms with van der Waals surface area (Å²) in [5, 5.41) is 0. The highest BCUT2D eigenvalue weighted by Gasteiger charge is 2.22. The van der Waals surface area contributed by atoms with Gasteiger partial charge < -0.3 is 5.73 Å². The van der Waals surface area contributed by atoms with E-state index < -0.39 is 10.0 Å². The van der Waals surface area contributed by atoms with Crippen LogP contribution in [-0.2, 0) is 10.0 Å². The lowest BCUT2D eigenvalue weighted by Gasteiger charge is -2.18. The molecule has 0 unspecified atom stereocenters. The van der Waals surface area contributed by atoms with Crippen LogP contribution in [0.4, 0.5) is 5.69 Å². The fourth-order valence-electron chi connectivity index (χ4n) is 1.45. The van der Waals surface area contributed by atoms with Crippen molar-refractivity contribution in [2.45, 2.75) is 11.3 Å². The van der Waals surface area contributed by atoms with Crippen LogP contribution in [0, 0.1) is 0 Å². The van der Waals surface area contributed by atoms with Crippen molar-refractivity contribution in [3.05, 3.63) is 22.7 Å². The van der Waals surface area contributed by atoms with Crippen molar-refractivity contribution in [2.24, 2.45) is 0 Å². The topological polar surface area (TPSA) is 63.4 Å². The fourth-order valence-corrected chi connectivity index (χ4v) is 4.12. The van der Waals surface area contributed by atoms with Gasteiger partial charge in [0.2, 0.25) is 10.0 Å². The summed E-state index contributed by atoms with van der Waals surface area (Å²) >= 11 is 4.95. The minimum atomic E-state index is -3.45. The van der Waals surface area contributed by atoms with Crippen LogP contribution in [0.1, 0.15) is 6.42 Å². The summed E-state index contributed by atoms with van der Waals surface area (Å²) in [5.41, 5.74) is 6.14. The summed E-state index contributed by atoms with van der Waals surface area (Å²) in [6.45, 7) is 0.514. The van der Waals surface area contributed by atoms with E-state index in [1.165, 1.54) is 10.4 Å². The molecule has 0 spiro atoms. The predicted molar refractivity (Wildman–Crippen MR) is 81.4 cm³/mol. The average molecular weight is 353 g/mol. The van der Waals surface area contributed by atoms with Crippen molar-refractivity contribution in [3.8, 4) is 0 Å². The Morgan fingerprint density at radius 2 is 2.11 bits per heavy atom. The summed E-state index contributed by atoms with van der Waals surface area (Å²) in [5.74, 6) is 0.947. The molecule has 0 saturated carbocycles. The van der Waals surface area contributed by atoms with E-state index in [9.17, 15) is 8.42 Å². The third-order valence-electron chi connectivity index (χ3n) is 2.47. The Balaban J connectivity index is 2.91. The molecule has 4 nitrogen and oxygen atoms in total. The van der Waals surface area contributed by atoms with E-state index in [1.54, 1.807) is 30.9 Å². The summed E-state index contributed by atoms with van der Waals surface area (Å²) in [6, 6.07) is 4.72. The van der Waals surface area contributed by atoms with Gasteiger partial charge in [-0.25, -0.2) is 12.7 Å². The van der Waals surface area contributed by atoms with Gasteiger partial charge >= 0.3 is 0 Å². The quantitative estimate of drug-likeness (QED) is 0.630. The van der Waals surface area contributed by atoms with Crippen LogP contribution in [-0.4, -0.2) is 38.3 Å². The lowest BCUT2D eigenvalue weighted by atomic mass is 10.3. The van der Waals surface area contributed by atoms with Crippen LogP contribution in [0.25, 0.3) is 0 Å². The molecule has 1 rings (SSSR count). The Kier molecular flexibility index (Phi) is 5.97. The van der Waals surface area contributed by atoms with E-state index in [4.69, 9.17) is 5.73 Å². The van der Waals surface area contributed by atoms with Crippen molar-refractivity contribution in [1.29, 1.82) is 0 Å². The number of hydrogen-bond acceptors (Lipinski definition) is 4. The van der Waals surface area contributed by atoms with Crippen molar-refractivity contribution < 1.29 is 8.42 Å². The lowest BCUT2D eigenvalue weighted by molar-refractivity contribution is 0.469. The Bertz CT molecular complexity index is 506. The van der Waals surface area contributed by atoms with Crippen molar-refractivity contribution in [2.75, 3.05) is 31.3 Å². The number of nitrogens with two attached hydrogens (primary N) is 1. The molecule has 0 atom stereocenters. The fraction of sp³-hybridized carbons (Fsp3) is 0.455. The Morgan fingerprint density at radius 3 is 2.67 bits per heavy atom. The van der Waals surface area contributed by atoms with Gasteiger partial charge in [0, 0.05) is 23.8 Å². The molecular formula is C11H17BrN2O2S2. The molecule has 2 N–H and O–H groups in total. The number of benzene rings is 1. The first kappa shape index (κ1) is 15.8. The largest absolute Gasteiger partial charge is 0.399 e. The van der Waals surface area contributed by atoms with Gasteiger partial charge in [-0.15, -0.1) is 0 Å². The Labute approximate surface area is 121 Å². The maximum atomic E-state index is 12.3. The zero-order valence-electron chi connectivity index (χ0n) is 10.4. The van der Waals surface area contributed by atoms with Crippen LogP contribution in [0.3, 0.4) is 0 Å². The third-order valence-corrected chi connectivity index (χ3v) is 6.00. The van der Waals surface area contributed by atoms with Crippen molar-refractivity contribution in [1.82, 2.24) is 4.31 Å². The highest BCUT2D eigenvalue weighted by Crippen LogP contribution is 2.26. The highest BCUT2D eigenvalue weighted by molar-refractivity contribution is 9.10. The number of halogens is 1. The van der Waals surface area contributed by atoms with Gasteiger partial charge in [0.05, 0.1) is 4.90 Å². The van der Waals surface area contributed by atoms with Crippen molar-refractivity contribution in [3.63, 3.8) is 0 Å². The molecular weight excluding hydrogens is 336 g/mol. The second kappa shape index (κ2) is 6.79. The molecule has 1 aromatic rings. The molecule has 7 heteroatoms. The minimum absolute atomic E-state index is 0.253. The first-order valence-electron chi connectivity index (χ1n) is 5.40. The number of hydrogen-bond donors (Lipinski definition) is 1. The molecule has 0 heterocycles. The first-order valence-corrected chi connectivity index (χ1v) is 9.02.